The molecule has 0 aromatic heterocycles. The molecular weight excluding hydrogens is 296 g/mol. The number of anilines is 1. The van der Waals surface area contributed by atoms with Gasteiger partial charge in [-0.2, -0.15) is 0 Å². The molecule has 2 rings (SSSR count). The van der Waals surface area contributed by atoms with Crippen molar-refractivity contribution >= 4 is 35.1 Å². The average Bonchev–Trinajstić information content (AvgIpc) is 2.31. The molecule has 1 fully saturated rings. The number of carbonyl (C=O) groups is 3. The third-order valence-electron chi connectivity index (χ3n) is 3.37. The summed E-state index contributed by atoms with van der Waals surface area (Å²) in [5.74, 6) is -2.25. The molecule has 21 heavy (non-hydrogen) atoms. The number of hydrogen-bond acceptors (Lipinski definition) is 3. The number of amides is 2. The SMILES string of the molecule is Cc1ccc(Cl)cc1NC(=O)CC(=O)N1CC(C(=O)O)C1. The van der Waals surface area contributed by atoms with Gasteiger partial charge >= 0.3 is 5.97 Å². The van der Waals surface area contributed by atoms with E-state index in [1.54, 1.807) is 18.2 Å². The number of likely N-dealkylation sites (tertiary alicyclic amines) is 1. The van der Waals surface area contributed by atoms with E-state index >= 15 is 0 Å². The van der Waals surface area contributed by atoms with Crippen molar-refractivity contribution < 1.29 is 19.5 Å². The molecule has 0 saturated carbocycles. The first-order chi connectivity index (χ1) is 9.86. The van der Waals surface area contributed by atoms with E-state index in [9.17, 15) is 14.4 Å². The van der Waals surface area contributed by atoms with Crippen molar-refractivity contribution in [1.29, 1.82) is 0 Å². The largest absolute Gasteiger partial charge is 0.481 e. The third kappa shape index (κ3) is 3.72. The van der Waals surface area contributed by atoms with Crippen molar-refractivity contribution in [3.05, 3.63) is 28.8 Å². The number of benzene rings is 1. The van der Waals surface area contributed by atoms with Crippen molar-refractivity contribution in [3.8, 4) is 0 Å². The molecule has 2 N–H and O–H groups in total. The molecule has 0 spiro atoms. The molecule has 0 bridgehead atoms. The van der Waals surface area contributed by atoms with Crippen molar-refractivity contribution in [3.63, 3.8) is 0 Å². The van der Waals surface area contributed by atoms with E-state index in [1.165, 1.54) is 4.90 Å². The maximum absolute atomic E-state index is 11.8. The fraction of sp³-hybridized carbons (Fsp3) is 0.357. The Hall–Kier alpha value is -2.08. The number of aliphatic carboxylic acids is 1. The van der Waals surface area contributed by atoms with Crippen molar-refractivity contribution in [2.75, 3.05) is 18.4 Å². The average molecular weight is 311 g/mol. The van der Waals surface area contributed by atoms with Crippen LogP contribution >= 0.6 is 11.6 Å². The Kier molecular flexibility index (Phi) is 4.47. The van der Waals surface area contributed by atoms with Crippen LogP contribution in [0, 0.1) is 12.8 Å². The van der Waals surface area contributed by atoms with Gasteiger partial charge in [-0.3, -0.25) is 14.4 Å². The van der Waals surface area contributed by atoms with Crippen molar-refractivity contribution in [1.82, 2.24) is 4.90 Å². The quantitative estimate of drug-likeness (QED) is 0.826. The molecule has 1 heterocycles. The van der Waals surface area contributed by atoms with Gasteiger partial charge in [-0.05, 0) is 24.6 Å². The minimum absolute atomic E-state index is 0.164. The van der Waals surface area contributed by atoms with Gasteiger partial charge in [0.2, 0.25) is 11.8 Å². The van der Waals surface area contributed by atoms with Gasteiger partial charge in [-0.1, -0.05) is 17.7 Å². The third-order valence-corrected chi connectivity index (χ3v) is 3.60. The maximum atomic E-state index is 11.8. The Morgan fingerprint density at radius 3 is 2.67 bits per heavy atom. The van der Waals surface area contributed by atoms with E-state index in [1.807, 2.05) is 6.92 Å². The summed E-state index contributed by atoms with van der Waals surface area (Å²) in [7, 11) is 0. The molecule has 6 nitrogen and oxygen atoms in total. The minimum Gasteiger partial charge on any atom is -0.481 e. The normalized spacial score (nSPS) is 14.5. The highest BCUT2D eigenvalue weighted by molar-refractivity contribution is 6.31. The maximum Gasteiger partial charge on any atom is 0.310 e. The van der Waals surface area contributed by atoms with Crippen LogP contribution in [0.2, 0.25) is 5.02 Å². The number of carbonyl (C=O) groups excluding carboxylic acids is 2. The number of carboxylic acids is 1. The first-order valence-electron chi connectivity index (χ1n) is 6.43. The van der Waals surface area contributed by atoms with Crippen LogP contribution < -0.4 is 5.32 Å². The second-order valence-electron chi connectivity index (χ2n) is 5.02. The van der Waals surface area contributed by atoms with Gasteiger partial charge in [-0.15, -0.1) is 0 Å². The summed E-state index contributed by atoms with van der Waals surface area (Å²) in [5.41, 5.74) is 1.41. The highest BCUT2D eigenvalue weighted by atomic mass is 35.5. The van der Waals surface area contributed by atoms with Gasteiger partial charge in [0.25, 0.3) is 0 Å². The van der Waals surface area contributed by atoms with Crippen LogP contribution in [0.4, 0.5) is 5.69 Å². The zero-order chi connectivity index (χ0) is 15.6. The molecule has 0 atom stereocenters. The molecule has 1 aliphatic rings. The van der Waals surface area contributed by atoms with E-state index in [0.29, 0.717) is 10.7 Å². The zero-order valence-electron chi connectivity index (χ0n) is 11.4. The zero-order valence-corrected chi connectivity index (χ0v) is 12.2. The van der Waals surface area contributed by atoms with Crippen LogP contribution in [0.3, 0.4) is 0 Å². The van der Waals surface area contributed by atoms with E-state index in [-0.39, 0.29) is 25.4 Å². The molecule has 0 radical (unpaired) electrons. The lowest BCUT2D eigenvalue weighted by atomic mass is 10.00. The smallest absolute Gasteiger partial charge is 0.310 e. The number of nitrogens with one attached hydrogen (secondary N) is 1. The summed E-state index contributed by atoms with van der Waals surface area (Å²) in [6.07, 6.45) is -0.307. The topological polar surface area (TPSA) is 86.7 Å². The van der Waals surface area contributed by atoms with Crippen LogP contribution in [-0.2, 0) is 14.4 Å². The van der Waals surface area contributed by atoms with Crippen LogP contribution in [0.1, 0.15) is 12.0 Å². The van der Waals surface area contributed by atoms with Gasteiger partial charge in [0.05, 0.1) is 5.92 Å². The molecule has 0 unspecified atom stereocenters. The molecule has 1 saturated heterocycles. The van der Waals surface area contributed by atoms with Gasteiger partial charge in [0.1, 0.15) is 6.42 Å². The summed E-state index contributed by atoms with van der Waals surface area (Å²) in [4.78, 5) is 35.6. The second-order valence-corrected chi connectivity index (χ2v) is 5.45. The number of hydrogen-bond donors (Lipinski definition) is 2. The summed E-state index contributed by atoms with van der Waals surface area (Å²) in [5, 5.41) is 11.9. The second kappa shape index (κ2) is 6.13. The lowest BCUT2D eigenvalue weighted by molar-refractivity contribution is -0.152. The van der Waals surface area contributed by atoms with E-state index in [4.69, 9.17) is 16.7 Å². The van der Waals surface area contributed by atoms with Crippen LogP contribution in [-0.4, -0.2) is 40.9 Å². The van der Waals surface area contributed by atoms with Crippen LogP contribution in [0.15, 0.2) is 18.2 Å². The highest BCUT2D eigenvalue weighted by Crippen LogP contribution is 2.21. The summed E-state index contributed by atoms with van der Waals surface area (Å²) in [6, 6.07) is 5.10. The first-order valence-corrected chi connectivity index (χ1v) is 6.81. The van der Waals surface area contributed by atoms with E-state index in [0.717, 1.165) is 5.56 Å². The predicted octanol–water partition coefficient (Wildman–Crippen LogP) is 1.52. The van der Waals surface area contributed by atoms with Crippen molar-refractivity contribution in [2.24, 2.45) is 5.92 Å². The monoisotopic (exact) mass is 310 g/mol. The lowest BCUT2D eigenvalue weighted by Gasteiger charge is -2.36. The molecule has 0 aliphatic carbocycles. The van der Waals surface area contributed by atoms with Gasteiger partial charge in [-0.25, -0.2) is 0 Å². The fourth-order valence-electron chi connectivity index (χ4n) is 2.01. The summed E-state index contributed by atoms with van der Waals surface area (Å²) in [6.45, 7) is 2.15. The van der Waals surface area contributed by atoms with Gasteiger partial charge in [0.15, 0.2) is 0 Å². The van der Waals surface area contributed by atoms with Crippen LogP contribution in [0.25, 0.3) is 0 Å². The fourth-order valence-corrected chi connectivity index (χ4v) is 2.18. The molecule has 7 heteroatoms. The predicted molar refractivity (Wildman–Crippen MR) is 77.1 cm³/mol. The number of halogens is 1. The summed E-state index contributed by atoms with van der Waals surface area (Å²) < 4.78 is 0. The van der Waals surface area contributed by atoms with Gasteiger partial charge < -0.3 is 15.3 Å². The molecule has 1 aromatic carbocycles. The molecule has 2 amide bonds. The molecular formula is C14H15ClN2O4. The first kappa shape index (κ1) is 15.3. The van der Waals surface area contributed by atoms with E-state index < -0.39 is 17.8 Å². The molecule has 112 valence electrons. The Balaban J connectivity index is 1.86. The van der Waals surface area contributed by atoms with Gasteiger partial charge in [0, 0.05) is 23.8 Å². The van der Waals surface area contributed by atoms with Crippen molar-refractivity contribution in [2.45, 2.75) is 13.3 Å². The highest BCUT2D eigenvalue weighted by Gasteiger charge is 2.35. The molecule has 1 aliphatic heterocycles. The van der Waals surface area contributed by atoms with Crippen LogP contribution in [0.5, 0.6) is 0 Å². The Morgan fingerprint density at radius 2 is 2.05 bits per heavy atom. The number of carboxylic acid groups (broad SMARTS) is 1. The Bertz CT molecular complexity index is 597. The van der Waals surface area contributed by atoms with E-state index in [2.05, 4.69) is 5.32 Å². The Morgan fingerprint density at radius 1 is 1.38 bits per heavy atom. The Labute approximate surface area is 126 Å². The lowest BCUT2D eigenvalue weighted by Crippen LogP contribution is -2.53. The number of nitrogens with zero attached hydrogens (tertiary/aromatic N) is 1. The number of aryl methyl sites for hydroxylation is 1. The summed E-state index contributed by atoms with van der Waals surface area (Å²) >= 11 is 5.85. The molecule has 1 aromatic rings. The minimum atomic E-state index is -0.918. The standard InChI is InChI=1S/C14H15ClN2O4/c1-8-2-3-10(15)4-11(8)16-12(18)5-13(19)17-6-9(7-17)14(20)21/h2-4,9H,5-7H2,1H3,(H,16,18)(H,20,21). The number of rotatable bonds is 4.